The van der Waals surface area contributed by atoms with Crippen molar-refractivity contribution in [2.24, 2.45) is 5.10 Å². The normalized spacial score (nSPS) is 14.9. The summed E-state index contributed by atoms with van der Waals surface area (Å²) >= 11 is 0. The fourth-order valence-electron chi connectivity index (χ4n) is 4.09. The highest BCUT2D eigenvalue weighted by Gasteiger charge is 2.35. The van der Waals surface area contributed by atoms with Crippen LogP contribution in [0.2, 0.25) is 0 Å². The smallest absolute Gasteiger partial charge is 0.262 e. The number of amides is 2. The zero-order valence-corrected chi connectivity index (χ0v) is 19.8. The molecule has 180 valence electrons. The molecule has 0 radical (unpaired) electrons. The van der Waals surface area contributed by atoms with Gasteiger partial charge in [-0.2, -0.15) is 5.10 Å². The number of ether oxygens (including phenoxy) is 2. The van der Waals surface area contributed by atoms with Crippen LogP contribution in [-0.4, -0.2) is 55.2 Å². The average Bonchev–Trinajstić information content (AvgIpc) is 3.34. The summed E-state index contributed by atoms with van der Waals surface area (Å²) in [5, 5.41) is 6.03. The molecule has 1 aliphatic rings. The summed E-state index contributed by atoms with van der Waals surface area (Å²) in [6.07, 6.45) is 0.449. The molecule has 3 aromatic rings. The molecule has 0 aromatic heterocycles. The molecule has 0 aliphatic carbocycles. The number of methoxy groups -OCH3 is 2. The second-order valence-electron chi connectivity index (χ2n) is 8.12. The molecule has 0 bridgehead atoms. The Kier molecular flexibility index (Phi) is 7.10. The highest BCUT2D eigenvalue weighted by molar-refractivity contribution is 6.04. The molecular formula is C27H26FN3O4. The zero-order chi connectivity index (χ0) is 24.9. The van der Waals surface area contributed by atoms with Gasteiger partial charge in [0.05, 0.1) is 31.5 Å². The van der Waals surface area contributed by atoms with Gasteiger partial charge < -0.3 is 14.4 Å². The molecule has 1 atom stereocenters. The quantitative estimate of drug-likeness (QED) is 0.511. The van der Waals surface area contributed by atoms with Gasteiger partial charge in [0.1, 0.15) is 23.9 Å². The van der Waals surface area contributed by atoms with Crippen LogP contribution in [0.4, 0.5) is 4.39 Å². The fourth-order valence-corrected chi connectivity index (χ4v) is 4.09. The topological polar surface area (TPSA) is 71.4 Å². The van der Waals surface area contributed by atoms with Crippen LogP contribution in [0.3, 0.4) is 0 Å². The molecule has 0 saturated carbocycles. The molecule has 0 spiro atoms. The van der Waals surface area contributed by atoms with Crippen LogP contribution in [-0.2, 0) is 4.79 Å². The Morgan fingerprint density at radius 1 is 1.03 bits per heavy atom. The van der Waals surface area contributed by atoms with Crippen LogP contribution in [0, 0.1) is 5.82 Å². The first-order valence-corrected chi connectivity index (χ1v) is 11.1. The van der Waals surface area contributed by atoms with E-state index in [0.717, 1.165) is 11.1 Å². The lowest BCUT2D eigenvalue weighted by atomic mass is 9.97. The third-order valence-corrected chi connectivity index (χ3v) is 5.89. The molecule has 1 heterocycles. The molecule has 2 amide bonds. The second kappa shape index (κ2) is 10.4. The van der Waals surface area contributed by atoms with Gasteiger partial charge in [0.25, 0.3) is 11.8 Å². The van der Waals surface area contributed by atoms with E-state index in [-0.39, 0.29) is 12.1 Å². The minimum atomic E-state index is -0.636. The van der Waals surface area contributed by atoms with Crippen molar-refractivity contribution in [3.63, 3.8) is 0 Å². The van der Waals surface area contributed by atoms with Crippen molar-refractivity contribution in [3.05, 3.63) is 95.3 Å². The molecule has 0 fully saturated rings. The van der Waals surface area contributed by atoms with Crippen molar-refractivity contribution in [1.82, 2.24) is 9.91 Å². The molecule has 8 heteroatoms. The summed E-state index contributed by atoms with van der Waals surface area (Å²) in [4.78, 5) is 27.4. The number of hydrogen-bond acceptors (Lipinski definition) is 5. The molecule has 35 heavy (non-hydrogen) atoms. The van der Waals surface area contributed by atoms with E-state index in [2.05, 4.69) is 5.10 Å². The maximum atomic E-state index is 14.1. The van der Waals surface area contributed by atoms with E-state index < -0.39 is 23.7 Å². The van der Waals surface area contributed by atoms with Gasteiger partial charge in [-0.25, -0.2) is 9.40 Å². The van der Waals surface area contributed by atoms with E-state index in [0.29, 0.717) is 23.6 Å². The van der Waals surface area contributed by atoms with E-state index in [9.17, 15) is 14.0 Å². The van der Waals surface area contributed by atoms with Crippen LogP contribution >= 0.6 is 0 Å². The van der Waals surface area contributed by atoms with Crippen LogP contribution in [0.1, 0.15) is 33.9 Å². The predicted octanol–water partition coefficient (Wildman–Crippen LogP) is 4.29. The van der Waals surface area contributed by atoms with Crippen molar-refractivity contribution in [1.29, 1.82) is 0 Å². The Balaban J connectivity index is 1.64. The van der Waals surface area contributed by atoms with Crippen molar-refractivity contribution < 1.29 is 23.5 Å². The lowest BCUT2D eigenvalue weighted by Crippen LogP contribution is -2.39. The standard InChI is InChI=1S/C27H26FN3O4/c1-30(27(33)20-11-4-6-13-22(20)28)17-26(32)31-24(21-12-5-7-14-25(21)35-3)16-23(29-31)18-9-8-10-19(15-18)34-2/h4-15,24H,16-17H2,1-3H3. The zero-order valence-electron chi connectivity index (χ0n) is 19.8. The number of rotatable bonds is 7. The highest BCUT2D eigenvalue weighted by atomic mass is 19.1. The van der Waals surface area contributed by atoms with E-state index in [1.807, 2.05) is 48.5 Å². The lowest BCUT2D eigenvalue weighted by molar-refractivity contribution is -0.133. The predicted molar refractivity (Wildman–Crippen MR) is 130 cm³/mol. The molecule has 7 nitrogen and oxygen atoms in total. The van der Waals surface area contributed by atoms with Gasteiger partial charge in [0.2, 0.25) is 0 Å². The molecule has 1 aliphatic heterocycles. The van der Waals surface area contributed by atoms with Crippen LogP contribution < -0.4 is 9.47 Å². The average molecular weight is 476 g/mol. The van der Waals surface area contributed by atoms with Gasteiger partial charge in [0, 0.05) is 24.6 Å². The first-order valence-electron chi connectivity index (χ1n) is 11.1. The van der Waals surface area contributed by atoms with Gasteiger partial charge in [-0.15, -0.1) is 0 Å². The SMILES string of the molecule is COc1cccc(C2=NN(C(=O)CN(C)C(=O)c3ccccc3F)C(c3ccccc3OC)C2)c1. The minimum absolute atomic E-state index is 0.0916. The number of halogens is 1. The van der Waals surface area contributed by atoms with Gasteiger partial charge >= 0.3 is 0 Å². The van der Waals surface area contributed by atoms with Gasteiger partial charge in [-0.05, 0) is 30.3 Å². The number of likely N-dealkylation sites (N-methyl/N-ethyl adjacent to an activating group) is 1. The summed E-state index contributed by atoms with van der Waals surface area (Å²) in [5.41, 5.74) is 2.24. The van der Waals surface area contributed by atoms with Crippen LogP contribution in [0.15, 0.2) is 77.9 Å². The number of benzene rings is 3. The third-order valence-electron chi connectivity index (χ3n) is 5.89. The van der Waals surface area contributed by atoms with E-state index in [4.69, 9.17) is 9.47 Å². The van der Waals surface area contributed by atoms with Gasteiger partial charge in [-0.1, -0.05) is 42.5 Å². The van der Waals surface area contributed by atoms with E-state index in [1.165, 1.54) is 35.2 Å². The number of carbonyl (C=O) groups is 2. The Morgan fingerprint density at radius 2 is 1.77 bits per heavy atom. The Morgan fingerprint density at radius 3 is 2.51 bits per heavy atom. The van der Waals surface area contributed by atoms with Crippen molar-refractivity contribution >= 4 is 17.5 Å². The number of hydrazone groups is 1. The number of carbonyl (C=O) groups excluding carboxylic acids is 2. The number of nitrogens with zero attached hydrogens (tertiary/aromatic N) is 3. The summed E-state index contributed by atoms with van der Waals surface area (Å²) in [6.45, 7) is -0.270. The number of hydrogen-bond donors (Lipinski definition) is 0. The summed E-state index contributed by atoms with van der Waals surface area (Å²) in [7, 11) is 4.63. The lowest BCUT2D eigenvalue weighted by Gasteiger charge is -2.26. The summed E-state index contributed by atoms with van der Waals surface area (Å²) in [5.74, 6) is -0.303. The van der Waals surface area contributed by atoms with Crippen molar-refractivity contribution in [3.8, 4) is 11.5 Å². The molecule has 3 aromatic carbocycles. The Hall–Kier alpha value is -4.20. The van der Waals surface area contributed by atoms with Gasteiger partial charge in [0.15, 0.2) is 0 Å². The summed E-state index contributed by atoms with van der Waals surface area (Å²) in [6, 6.07) is 20.2. The number of para-hydroxylation sites is 1. The summed E-state index contributed by atoms with van der Waals surface area (Å²) < 4.78 is 25.0. The Bertz CT molecular complexity index is 1280. The fraction of sp³-hybridized carbons (Fsp3) is 0.222. The van der Waals surface area contributed by atoms with Crippen molar-refractivity contribution in [2.45, 2.75) is 12.5 Å². The first kappa shape index (κ1) is 23.9. The van der Waals surface area contributed by atoms with E-state index >= 15 is 0 Å². The maximum Gasteiger partial charge on any atom is 0.262 e. The highest BCUT2D eigenvalue weighted by Crippen LogP contribution is 2.37. The van der Waals surface area contributed by atoms with E-state index in [1.54, 1.807) is 20.3 Å². The third kappa shape index (κ3) is 5.01. The molecule has 0 N–H and O–H groups in total. The first-order chi connectivity index (χ1) is 16.9. The molecule has 0 saturated heterocycles. The monoisotopic (exact) mass is 475 g/mol. The van der Waals surface area contributed by atoms with Crippen LogP contribution in [0.5, 0.6) is 11.5 Å². The molecular weight excluding hydrogens is 449 g/mol. The maximum absolute atomic E-state index is 14.1. The molecule has 1 unspecified atom stereocenters. The van der Waals surface area contributed by atoms with Gasteiger partial charge in [-0.3, -0.25) is 9.59 Å². The van der Waals surface area contributed by atoms with Crippen LogP contribution in [0.25, 0.3) is 0 Å². The largest absolute Gasteiger partial charge is 0.497 e. The van der Waals surface area contributed by atoms with Crippen molar-refractivity contribution in [2.75, 3.05) is 27.8 Å². The second-order valence-corrected chi connectivity index (χ2v) is 8.12. The molecule has 4 rings (SSSR count). The minimum Gasteiger partial charge on any atom is -0.497 e. The Labute approximate surface area is 203 Å².